The van der Waals surface area contributed by atoms with Gasteiger partial charge < -0.3 is 25.0 Å². The van der Waals surface area contributed by atoms with E-state index in [9.17, 15) is 14.4 Å². The number of carbonyl (C=O) groups excluding carboxylic acids is 3. The van der Waals surface area contributed by atoms with E-state index in [1.54, 1.807) is 46.1 Å². The van der Waals surface area contributed by atoms with Gasteiger partial charge >= 0.3 is 0 Å². The van der Waals surface area contributed by atoms with Gasteiger partial charge in [-0.25, -0.2) is 4.68 Å². The molecule has 1 aromatic heterocycles. The molecule has 10 heteroatoms. The first-order valence-electron chi connectivity index (χ1n) is 13.9. The van der Waals surface area contributed by atoms with Crippen LogP contribution in [-0.4, -0.2) is 64.2 Å². The lowest BCUT2D eigenvalue weighted by atomic mass is 9.99. The van der Waals surface area contributed by atoms with Crippen LogP contribution in [0.5, 0.6) is 11.5 Å². The highest BCUT2D eigenvalue weighted by molar-refractivity contribution is 5.96. The maximum atomic E-state index is 13.5. The quantitative estimate of drug-likeness (QED) is 0.386. The summed E-state index contributed by atoms with van der Waals surface area (Å²) in [5, 5.41) is 10.2. The summed E-state index contributed by atoms with van der Waals surface area (Å²) in [5.41, 5.74) is 3.53. The number of aromatic nitrogens is 2. The Bertz CT molecular complexity index is 1580. The largest absolute Gasteiger partial charge is 0.488 e. The van der Waals surface area contributed by atoms with E-state index in [4.69, 9.17) is 9.47 Å². The number of ether oxygens (including phenoxy) is 2. The number of fused-ring (bicyclic) bond motifs is 7. The molecule has 3 aromatic carbocycles. The van der Waals surface area contributed by atoms with Gasteiger partial charge in [0.1, 0.15) is 17.6 Å². The Labute approximate surface area is 243 Å². The molecule has 3 amide bonds. The molecule has 3 aliphatic rings. The predicted octanol–water partition coefficient (Wildman–Crippen LogP) is 3.28. The van der Waals surface area contributed by atoms with E-state index < -0.39 is 6.04 Å². The molecule has 42 heavy (non-hydrogen) atoms. The molecule has 10 nitrogen and oxygen atoms in total. The number of carbonyl (C=O) groups is 3. The maximum absolute atomic E-state index is 13.5. The normalized spacial score (nSPS) is 19.0. The highest BCUT2D eigenvalue weighted by Gasteiger charge is 2.35. The Balaban J connectivity index is 1.25. The molecule has 0 radical (unpaired) electrons. The monoisotopic (exact) mass is 565 g/mol. The average Bonchev–Trinajstić information content (AvgIpc) is 3.56. The van der Waals surface area contributed by atoms with Crippen LogP contribution in [0.25, 0.3) is 5.69 Å². The van der Waals surface area contributed by atoms with Crippen LogP contribution in [0.4, 0.5) is 0 Å². The van der Waals surface area contributed by atoms with Crippen LogP contribution in [0.2, 0.25) is 0 Å². The number of aryl methyl sites for hydroxylation is 1. The third-order valence-corrected chi connectivity index (χ3v) is 7.55. The van der Waals surface area contributed by atoms with Gasteiger partial charge in [-0.3, -0.25) is 14.4 Å². The zero-order valence-corrected chi connectivity index (χ0v) is 23.2. The van der Waals surface area contributed by atoms with E-state index in [1.165, 1.54) is 0 Å². The molecule has 2 atom stereocenters. The van der Waals surface area contributed by atoms with E-state index >= 15 is 0 Å². The summed E-state index contributed by atoms with van der Waals surface area (Å²) in [4.78, 5) is 41.1. The van der Waals surface area contributed by atoms with Crippen LogP contribution >= 0.6 is 0 Å². The number of hydrogen-bond donors (Lipinski definition) is 2. The van der Waals surface area contributed by atoms with E-state index in [1.807, 2.05) is 55.6 Å². The van der Waals surface area contributed by atoms with Gasteiger partial charge in [0.2, 0.25) is 0 Å². The first-order chi connectivity index (χ1) is 20.4. The van der Waals surface area contributed by atoms with E-state index in [0.717, 1.165) is 16.8 Å². The third kappa shape index (κ3) is 5.97. The molecule has 0 spiro atoms. The van der Waals surface area contributed by atoms with E-state index in [-0.39, 0.29) is 37.0 Å². The smallest absolute Gasteiger partial charge is 0.258 e. The van der Waals surface area contributed by atoms with Crippen molar-refractivity contribution in [2.45, 2.75) is 32.0 Å². The molecular weight excluding hydrogens is 534 g/mol. The van der Waals surface area contributed by atoms with Crippen LogP contribution in [0, 0.1) is 6.92 Å². The number of nitrogens with one attached hydrogen (secondary N) is 2. The van der Waals surface area contributed by atoms with Crippen molar-refractivity contribution in [2.75, 3.05) is 19.7 Å². The van der Waals surface area contributed by atoms with Crippen molar-refractivity contribution in [2.24, 2.45) is 0 Å². The van der Waals surface area contributed by atoms with E-state index in [2.05, 4.69) is 15.7 Å². The minimum atomic E-state index is -0.470. The SMILES string of the molecule is Cc1ccc2cc1OCC(=O)NCc1ccc(cc1)O[C@H]1CCN(C(=O)c3ccc(-n4cccn4)cc3)C[C@@H]1NC2=O. The second kappa shape index (κ2) is 11.8. The average molecular weight is 566 g/mol. The molecule has 1 saturated heterocycles. The van der Waals surface area contributed by atoms with Crippen LogP contribution in [0.3, 0.4) is 0 Å². The molecule has 4 heterocycles. The Kier molecular flexibility index (Phi) is 7.59. The first kappa shape index (κ1) is 27.1. The lowest BCUT2D eigenvalue weighted by Crippen LogP contribution is -2.58. The molecule has 3 aliphatic heterocycles. The third-order valence-electron chi connectivity index (χ3n) is 7.55. The number of hydrogen-bond acceptors (Lipinski definition) is 6. The molecule has 2 N–H and O–H groups in total. The summed E-state index contributed by atoms with van der Waals surface area (Å²) in [6.07, 6.45) is 3.72. The van der Waals surface area contributed by atoms with Crippen LogP contribution in [-0.2, 0) is 11.3 Å². The fourth-order valence-electron chi connectivity index (χ4n) is 5.16. The van der Waals surface area contributed by atoms with Crippen molar-refractivity contribution in [3.8, 4) is 17.2 Å². The number of rotatable bonds is 2. The standard InChI is InChI=1S/C32H31N5O5/c1-21-3-6-24-17-29(21)41-20-30(38)33-18-22-4-11-26(12-5-22)42-28-13-16-36(19-27(28)35-31(24)39)32(40)23-7-9-25(10-8-23)37-15-2-14-34-37/h2-12,14-15,17,27-28H,13,16,18-20H2,1H3,(H,33,38)(H,35,39)/t27-,28-/m0/s1. The molecule has 0 saturated carbocycles. The summed E-state index contributed by atoms with van der Waals surface area (Å²) >= 11 is 0. The highest BCUT2D eigenvalue weighted by atomic mass is 16.5. The summed E-state index contributed by atoms with van der Waals surface area (Å²) in [5.74, 6) is 0.401. The second-order valence-corrected chi connectivity index (χ2v) is 10.5. The molecular formula is C32H31N5O5. The minimum Gasteiger partial charge on any atom is -0.488 e. The lowest BCUT2D eigenvalue weighted by molar-refractivity contribution is -0.123. The fourth-order valence-corrected chi connectivity index (χ4v) is 5.16. The predicted molar refractivity (Wildman–Crippen MR) is 155 cm³/mol. The number of piperidine rings is 1. The van der Waals surface area contributed by atoms with Gasteiger partial charge in [0.25, 0.3) is 17.7 Å². The van der Waals surface area contributed by atoms with Gasteiger partial charge in [-0.1, -0.05) is 18.2 Å². The number of likely N-dealkylation sites (tertiary alicyclic amines) is 1. The van der Waals surface area contributed by atoms with Crippen molar-refractivity contribution in [3.63, 3.8) is 0 Å². The zero-order valence-electron chi connectivity index (χ0n) is 23.2. The summed E-state index contributed by atoms with van der Waals surface area (Å²) in [6.45, 7) is 2.80. The molecule has 4 aromatic rings. The summed E-state index contributed by atoms with van der Waals surface area (Å²) in [7, 11) is 0. The molecule has 4 bridgehead atoms. The van der Waals surface area contributed by atoms with Crippen LogP contribution in [0.1, 0.15) is 38.3 Å². The van der Waals surface area contributed by atoms with E-state index in [0.29, 0.717) is 42.1 Å². The topological polar surface area (TPSA) is 115 Å². The number of amides is 3. The Morgan fingerprint density at radius 3 is 2.60 bits per heavy atom. The minimum absolute atomic E-state index is 0.120. The van der Waals surface area contributed by atoms with Gasteiger partial charge in [0.15, 0.2) is 6.61 Å². The molecule has 0 unspecified atom stereocenters. The molecule has 214 valence electrons. The molecule has 7 rings (SSSR count). The van der Waals surface area contributed by atoms with Crippen LogP contribution < -0.4 is 20.1 Å². The second-order valence-electron chi connectivity index (χ2n) is 10.5. The lowest BCUT2D eigenvalue weighted by Gasteiger charge is -2.39. The van der Waals surface area contributed by atoms with Crippen LogP contribution in [0.15, 0.2) is 85.2 Å². The van der Waals surface area contributed by atoms with Gasteiger partial charge in [-0.2, -0.15) is 5.10 Å². The highest BCUT2D eigenvalue weighted by Crippen LogP contribution is 2.24. The van der Waals surface area contributed by atoms with Crippen molar-refractivity contribution in [1.82, 2.24) is 25.3 Å². The van der Waals surface area contributed by atoms with Crippen molar-refractivity contribution in [1.29, 1.82) is 0 Å². The zero-order chi connectivity index (χ0) is 29.1. The van der Waals surface area contributed by atoms with Crippen molar-refractivity contribution in [3.05, 3.63) is 107 Å². The van der Waals surface area contributed by atoms with Crippen molar-refractivity contribution >= 4 is 17.7 Å². The number of nitrogens with zero attached hydrogens (tertiary/aromatic N) is 3. The van der Waals surface area contributed by atoms with Gasteiger partial charge in [-0.15, -0.1) is 0 Å². The Morgan fingerprint density at radius 2 is 1.83 bits per heavy atom. The van der Waals surface area contributed by atoms with Gasteiger partial charge in [-0.05, 0) is 72.6 Å². The summed E-state index contributed by atoms with van der Waals surface area (Å²) in [6, 6.07) is 21.3. The Morgan fingerprint density at radius 1 is 1.02 bits per heavy atom. The van der Waals surface area contributed by atoms with Crippen molar-refractivity contribution < 1.29 is 23.9 Å². The Hall–Kier alpha value is -5.12. The maximum Gasteiger partial charge on any atom is 0.258 e. The van der Waals surface area contributed by atoms with Gasteiger partial charge in [0.05, 0.1) is 11.7 Å². The first-order valence-corrected chi connectivity index (χ1v) is 13.9. The molecule has 0 aliphatic carbocycles. The molecule has 1 fully saturated rings. The van der Waals surface area contributed by atoms with Gasteiger partial charge in [0, 0.05) is 49.6 Å². The summed E-state index contributed by atoms with van der Waals surface area (Å²) < 4.78 is 13.8. The fraction of sp³-hybridized carbons (Fsp3) is 0.250. The number of benzene rings is 3.